The number of nitrogens with zero attached hydrogens (tertiary/aromatic N) is 3. The SMILES string of the molecule is CN(CCCCCO)Cc1nnc(Cl)s1. The molecule has 1 heterocycles. The van der Waals surface area contributed by atoms with E-state index in [1.165, 1.54) is 11.3 Å². The van der Waals surface area contributed by atoms with E-state index in [-0.39, 0.29) is 6.61 Å². The fourth-order valence-corrected chi connectivity index (χ4v) is 2.22. The summed E-state index contributed by atoms with van der Waals surface area (Å²) in [7, 11) is 2.05. The van der Waals surface area contributed by atoms with Crippen LogP contribution in [0.15, 0.2) is 0 Å². The lowest BCUT2D eigenvalue weighted by molar-refractivity contribution is 0.271. The fourth-order valence-electron chi connectivity index (χ4n) is 1.28. The number of aliphatic hydroxyl groups is 1. The van der Waals surface area contributed by atoms with Gasteiger partial charge in [0.1, 0.15) is 5.01 Å². The third kappa shape index (κ3) is 5.41. The zero-order valence-electron chi connectivity index (χ0n) is 8.82. The largest absolute Gasteiger partial charge is 0.396 e. The summed E-state index contributed by atoms with van der Waals surface area (Å²) in [4.78, 5) is 2.19. The molecule has 1 rings (SSSR count). The summed E-state index contributed by atoms with van der Waals surface area (Å²) >= 11 is 7.11. The molecule has 6 heteroatoms. The van der Waals surface area contributed by atoms with Gasteiger partial charge in [-0.3, -0.25) is 4.90 Å². The predicted molar refractivity (Wildman–Crippen MR) is 62.2 cm³/mol. The molecule has 1 aromatic heterocycles. The maximum Gasteiger partial charge on any atom is 0.207 e. The van der Waals surface area contributed by atoms with E-state index >= 15 is 0 Å². The molecule has 1 N–H and O–H groups in total. The Balaban J connectivity index is 2.15. The van der Waals surface area contributed by atoms with Crippen molar-refractivity contribution in [2.45, 2.75) is 25.8 Å². The van der Waals surface area contributed by atoms with Crippen LogP contribution in [-0.4, -0.2) is 40.4 Å². The van der Waals surface area contributed by atoms with Crippen LogP contribution in [0.2, 0.25) is 4.47 Å². The molecule has 0 amide bonds. The molecular weight excluding hydrogens is 234 g/mol. The Kier molecular flexibility index (Phi) is 6.09. The second kappa shape index (κ2) is 7.11. The van der Waals surface area contributed by atoms with E-state index in [9.17, 15) is 0 Å². The van der Waals surface area contributed by atoms with Gasteiger partial charge in [0.15, 0.2) is 0 Å². The highest BCUT2D eigenvalue weighted by atomic mass is 35.5. The van der Waals surface area contributed by atoms with Gasteiger partial charge in [-0.25, -0.2) is 0 Å². The van der Waals surface area contributed by atoms with Crippen LogP contribution < -0.4 is 0 Å². The Hall–Kier alpha value is -0.230. The Bertz CT molecular complexity index is 282. The van der Waals surface area contributed by atoms with Gasteiger partial charge in [0.25, 0.3) is 0 Å². The Morgan fingerprint density at radius 3 is 2.73 bits per heavy atom. The molecule has 15 heavy (non-hydrogen) atoms. The van der Waals surface area contributed by atoms with E-state index in [2.05, 4.69) is 15.1 Å². The monoisotopic (exact) mass is 249 g/mol. The minimum absolute atomic E-state index is 0.287. The third-order valence-electron chi connectivity index (χ3n) is 2.05. The Labute approximate surface area is 98.9 Å². The smallest absolute Gasteiger partial charge is 0.207 e. The lowest BCUT2D eigenvalue weighted by atomic mass is 10.2. The van der Waals surface area contributed by atoms with Crippen LogP contribution in [0.3, 0.4) is 0 Å². The first-order valence-corrected chi connectivity index (χ1v) is 6.19. The van der Waals surface area contributed by atoms with Crippen molar-refractivity contribution in [3.8, 4) is 0 Å². The van der Waals surface area contributed by atoms with Crippen LogP contribution in [0.1, 0.15) is 24.3 Å². The number of aliphatic hydroxyl groups excluding tert-OH is 1. The highest BCUT2D eigenvalue weighted by Crippen LogP contribution is 2.16. The molecule has 0 saturated heterocycles. The van der Waals surface area contributed by atoms with Crippen molar-refractivity contribution in [3.63, 3.8) is 0 Å². The lowest BCUT2D eigenvalue weighted by Gasteiger charge is -2.13. The molecule has 0 aliphatic rings. The number of hydrogen-bond acceptors (Lipinski definition) is 5. The van der Waals surface area contributed by atoms with Crippen molar-refractivity contribution in [2.75, 3.05) is 20.2 Å². The van der Waals surface area contributed by atoms with E-state index in [1.54, 1.807) is 0 Å². The quantitative estimate of drug-likeness (QED) is 0.749. The van der Waals surface area contributed by atoms with E-state index in [0.717, 1.165) is 37.4 Å². The number of hydrogen-bond donors (Lipinski definition) is 1. The molecule has 0 aliphatic heterocycles. The molecule has 0 atom stereocenters. The summed E-state index contributed by atoms with van der Waals surface area (Å²) < 4.78 is 0.499. The van der Waals surface area contributed by atoms with E-state index in [0.29, 0.717) is 4.47 Å². The minimum atomic E-state index is 0.287. The van der Waals surface area contributed by atoms with Gasteiger partial charge in [-0.1, -0.05) is 11.3 Å². The molecule has 0 spiro atoms. The maximum atomic E-state index is 8.62. The average Bonchev–Trinajstić information content (AvgIpc) is 2.59. The Morgan fingerprint density at radius 1 is 1.33 bits per heavy atom. The van der Waals surface area contributed by atoms with E-state index < -0.39 is 0 Å². The van der Waals surface area contributed by atoms with Crippen molar-refractivity contribution in [1.29, 1.82) is 0 Å². The Morgan fingerprint density at radius 2 is 2.13 bits per heavy atom. The highest BCUT2D eigenvalue weighted by Gasteiger charge is 2.05. The molecule has 0 bridgehead atoms. The molecule has 0 aliphatic carbocycles. The number of aromatic nitrogens is 2. The number of unbranched alkanes of at least 4 members (excludes halogenated alkanes) is 2. The first-order chi connectivity index (χ1) is 7.22. The molecule has 0 radical (unpaired) electrons. The fraction of sp³-hybridized carbons (Fsp3) is 0.778. The van der Waals surface area contributed by atoms with Gasteiger partial charge in [-0.2, -0.15) is 0 Å². The van der Waals surface area contributed by atoms with Crippen molar-refractivity contribution >= 4 is 22.9 Å². The van der Waals surface area contributed by atoms with E-state index in [4.69, 9.17) is 16.7 Å². The van der Waals surface area contributed by atoms with Crippen molar-refractivity contribution in [2.24, 2.45) is 0 Å². The minimum Gasteiger partial charge on any atom is -0.396 e. The van der Waals surface area contributed by atoms with Crippen LogP contribution in [0.5, 0.6) is 0 Å². The summed E-state index contributed by atoms with van der Waals surface area (Å²) in [5, 5.41) is 17.3. The normalized spacial score (nSPS) is 11.2. The second-order valence-electron chi connectivity index (χ2n) is 3.47. The summed E-state index contributed by atoms with van der Waals surface area (Å²) in [6.07, 6.45) is 3.06. The number of rotatable bonds is 7. The van der Waals surface area contributed by atoms with Gasteiger partial charge < -0.3 is 5.11 Å². The molecule has 4 nitrogen and oxygen atoms in total. The van der Waals surface area contributed by atoms with Gasteiger partial charge in [0.05, 0.1) is 6.54 Å². The molecule has 0 fully saturated rings. The van der Waals surface area contributed by atoms with Crippen LogP contribution in [0.25, 0.3) is 0 Å². The summed E-state index contributed by atoms with van der Waals surface area (Å²) in [6.45, 7) is 2.09. The van der Waals surface area contributed by atoms with Crippen LogP contribution in [0, 0.1) is 0 Å². The van der Waals surface area contributed by atoms with E-state index in [1.807, 2.05) is 7.05 Å². The third-order valence-corrected chi connectivity index (χ3v) is 3.05. The summed E-state index contributed by atoms with van der Waals surface area (Å²) in [6, 6.07) is 0. The van der Waals surface area contributed by atoms with Gasteiger partial charge in [-0.05, 0) is 44.5 Å². The molecule has 1 aromatic rings. The van der Waals surface area contributed by atoms with Crippen LogP contribution in [0.4, 0.5) is 0 Å². The topological polar surface area (TPSA) is 49.2 Å². The van der Waals surface area contributed by atoms with Gasteiger partial charge in [0.2, 0.25) is 4.47 Å². The average molecular weight is 250 g/mol. The maximum absolute atomic E-state index is 8.62. The van der Waals surface area contributed by atoms with Gasteiger partial charge in [0, 0.05) is 6.61 Å². The molecule has 86 valence electrons. The standard InChI is InChI=1S/C9H16ClN3OS/c1-13(5-3-2-4-6-14)7-8-11-12-9(10)15-8/h14H,2-7H2,1H3. The van der Waals surface area contributed by atoms with Crippen molar-refractivity contribution < 1.29 is 5.11 Å². The zero-order chi connectivity index (χ0) is 11.1. The van der Waals surface area contributed by atoms with Crippen molar-refractivity contribution in [1.82, 2.24) is 15.1 Å². The van der Waals surface area contributed by atoms with Crippen LogP contribution >= 0.6 is 22.9 Å². The molecule has 0 saturated carbocycles. The first kappa shape index (κ1) is 12.8. The van der Waals surface area contributed by atoms with Crippen molar-refractivity contribution in [3.05, 3.63) is 9.47 Å². The molecular formula is C9H16ClN3OS. The molecule has 0 aromatic carbocycles. The molecule has 0 unspecified atom stereocenters. The predicted octanol–water partition coefficient (Wildman–Crippen LogP) is 1.79. The first-order valence-electron chi connectivity index (χ1n) is 4.99. The van der Waals surface area contributed by atoms with Gasteiger partial charge in [-0.15, -0.1) is 10.2 Å². The van der Waals surface area contributed by atoms with Crippen LogP contribution in [-0.2, 0) is 6.54 Å². The second-order valence-corrected chi connectivity index (χ2v) is 5.11. The number of halogens is 1. The highest BCUT2D eigenvalue weighted by molar-refractivity contribution is 7.15. The lowest BCUT2D eigenvalue weighted by Crippen LogP contribution is -2.19. The summed E-state index contributed by atoms with van der Waals surface area (Å²) in [5.41, 5.74) is 0. The summed E-state index contributed by atoms with van der Waals surface area (Å²) in [5.74, 6) is 0. The van der Waals surface area contributed by atoms with Gasteiger partial charge >= 0.3 is 0 Å². The zero-order valence-corrected chi connectivity index (χ0v) is 10.4.